The molecule has 3 rings (SSSR count). The van der Waals surface area contributed by atoms with Gasteiger partial charge in [0.2, 0.25) is 5.91 Å². The molecule has 1 heterocycles. The minimum absolute atomic E-state index is 0.0314. The molecule has 1 aliphatic heterocycles. The van der Waals surface area contributed by atoms with Crippen molar-refractivity contribution in [2.24, 2.45) is 0 Å². The largest absolute Gasteiger partial charge is 0.461 e. The van der Waals surface area contributed by atoms with Crippen LogP contribution in [0.2, 0.25) is 0 Å². The standard InChI is InChI=1S/C27H26N4O5/c1-18-23(26(32)29-16-6-10-20-8-4-3-5-9-20)25(21-11-13-22(14-12-21)31(34)35)24(19(2)30-18)27(33)36-17-7-15-28/h3-6,8-14,25,30H,7,16-17H2,1-2H3,(H,29,32)/b10-6+. The number of benzene rings is 2. The Morgan fingerprint density at radius 1 is 1.11 bits per heavy atom. The van der Waals surface area contributed by atoms with E-state index < -0.39 is 22.7 Å². The summed E-state index contributed by atoms with van der Waals surface area (Å²) in [7, 11) is 0. The van der Waals surface area contributed by atoms with Crippen molar-refractivity contribution in [2.75, 3.05) is 13.2 Å². The van der Waals surface area contributed by atoms with Gasteiger partial charge in [0.1, 0.15) is 6.61 Å². The van der Waals surface area contributed by atoms with Gasteiger partial charge in [0, 0.05) is 35.6 Å². The number of nitrogens with one attached hydrogen (secondary N) is 2. The van der Waals surface area contributed by atoms with Crippen LogP contribution in [-0.2, 0) is 14.3 Å². The molecule has 1 aliphatic rings. The first-order chi connectivity index (χ1) is 17.3. The maximum atomic E-state index is 13.3. The number of nitro benzene ring substituents is 1. The Balaban J connectivity index is 1.92. The van der Waals surface area contributed by atoms with Gasteiger partial charge in [0.25, 0.3) is 5.69 Å². The number of hydrogen-bond acceptors (Lipinski definition) is 7. The first-order valence-corrected chi connectivity index (χ1v) is 11.3. The van der Waals surface area contributed by atoms with Gasteiger partial charge in [-0.3, -0.25) is 14.9 Å². The molecule has 2 aromatic rings. The van der Waals surface area contributed by atoms with Gasteiger partial charge in [-0.15, -0.1) is 0 Å². The summed E-state index contributed by atoms with van der Waals surface area (Å²) in [6.45, 7) is 3.59. The van der Waals surface area contributed by atoms with Crippen LogP contribution in [0.25, 0.3) is 6.08 Å². The van der Waals surface area contributed by atoms with Crippen LogP contribution in [-0.4, -0.2) is 30.0 Å². The Morgan fingerprint density at radius 3 is 2.42 bits per heavy atom. The van der Waals surface area contributed by atoms with Crippen LogP contribution in [0.5, 0.6) is 0 Å². The topological polar surface area (TPSA) is 134 Å². The summed E-state index contributed by atoms with van der Waals surface area (Å²) in [5, 5.41) is 25.9. The monoisotopic (exact) mass is 486 g/mol. The molecule has 0 saturated carbocycles. The van der Waals surface area contributed by atoms with E-state index in [9.17, 15) is 19.7 Å². The molecule has 2 N–H and O–H groups in total. The van der Waals surface area contributed by atoms with Crippen LogP contribution in [0.1, 0.15) is 37.3 Å². The number of allylic oxidation sites excluding steroid dienone is 2. The second-order valence-corrected chi connectivity index (χ2v) is 8.05. The molecule has 1 atom stereocenters. The van der Waals surface area contributed by atoms with Gasteiger partial charge in [0.15, 0.2) is 0 Å². The zero-order valence-electron chi connectivity index (χ0n) is 20.0. The van der Waals surface area contributed by atoms with Crippen LogP contribution in [0.3, 0.4) is 0 Å². The lowest BCUT2D eigenvalue weighted by atomic mass is 9.80. The number of nitro groups is 1. The predicted octanol–water partition coefficient (Wildman–Crippen LogP) is 4.12. The lowest BCUT2D eigenvalue weighted by Crippen LogP contribution is -2.36. The number of nitrogens with zero attached hydrogens (tertiary/aromatic N) is 2. The molecule has 0 spiro atoms. The minimum Gasteiger partial charge on any atom is -0.461 e. The van der Waals surface area contributed by atoms with Crippen LogP contribution in [0.4, 0.5) is 5.69 Å². The third-order valence-corrected chi connectivity index (χ3v) is 5.60. The molecule has 0 aliphatic carbocycles. The second-order valence-electron chi connectivity index (χ2n) is 8.05. The van der Waals surface area contributed by atoms with Crippen molar-refractivity contribution in [3.05, 3.63) is 104 Å². The number of hydrogen-bond donors (Lipinski definition) is 2. The van der Waals surface area contributed by atoms with Crippen molar-refractivity contribution >= 4 is 23.6 Å². The molecule has 9 heteroatoms. The molecular weight excluding hydrogens is 460 g/mol. The highest BCUT2D eigenvalue weighted by Crippen LogP contribution is 2.39. The van der Waals surface area contributed by atoms with E-state index in [0.717, 1.165) is 5.56 Å². The fourth-order valence-electron chi connectivity index (χ4n) is 3.96. The lowest BCUT2D eigenvalue weighted by molar-refractivity contribution is -0.384. The predicted molar refractivity (Wildman–Crippen MR) is 134 cm³/mol. The van der Waals surface area contributed by atoms with Crippen molar-refractivity contribution < 1.29 is 19.2 Å². The van der Waals surface area contributed by atoms with Crippen molar-refractivity contribution in [1.82, 2.24) is 10.6 Å². The number of carbonyl (C=O) groups excluding carboxylic acids is 2. The number of esters is 1. The van der Waals surface area contributed by atoms with E-state index in [4.69, 9.17) is 10.00 Å². The van der Waals surface area contributed by atoms with Crippen LogP contribution in [0.15, 0.2) is 83.2 Å². The van der Waals surface area contributed by atoms with Crippen molar-refractivity contribution in [1.29, 1.82) is 5.26 Å². The van der Waals surface area contributed by atoms with Gasteiger partial charge in [-0.05, 0) is 25.0 Å². The van der Waals surface area contributed by atoms with Gasteiger partial charge in [0.05, 0.1) is 28.9 Å². The minimum atomic E-state index is -0.820. The number of rotatable bonds is 9. The van der Waals surface area contributed by atoms with Gasteiger partial charge >= 0.3 is 5.97 Å². The van der Waals surface area contributed by atoms with E-state index in [2.05, 4.69) is 10.6 Å². The highest BCUT2D eigenvalue weighted by Gasteiger charge is 2.37. The maximum absolute atomic E-state index is 13.3. The average molecular weight is 487 g/mol. The van der Waals surface area contributed by atoms with E-state index in [1.807, 2.05) is 48.6 Å². The van der Waals surface area contributed by atoms with Crippen LogP contribution < -0.4 is 10.6 Å². The first-order valence-electron chi connectivity index (χ1n) is 11.3. The third-order valence-electron chi connectivity index (χ3n) is 5.60. The van der Waals surface area contributed by atoms with Crippen molar-refractivity contribution in [3.8, 4) is 6.07 Å². The normalized spacial score (nSPS) is 15.3. The number of amides is 1. The van der Waals surface area contributed by atoms with Gasteiger partial charge in [-0.2, -0.15) is 5.26 Å². The SMILES string of the molecule is CC1=C(C(=O)NC/C=C/c2ccccc2)C(c2ccc([N+](=O)[O-])cc2)C(C(=O)OCCC#N)=C(C)N1. The number of nitriles is 1. The number of carbonyl (C=O) groups is 2. The smallest absolute Gasteiger partial charge is 0.336 e. The van der Waals surface area contributed by atoms with E-state index in [1.165, 1.54) is 24.3 Å². The number of dihydropyridines is 1. The Kier molecular flexibility index (Phi) is 8.73. The summed E-state index contributed by atoms with van der Waals surface area (Å²) in [6.07, 6.45) is 3.73. The van der Waals surface area contributed by atoms with Crippen LogP contribution >= 0.6 is 0 Å². The van der Waals surface area contributed by atoms with Gasteiger partial charge in [-0.25, -0.2) is 4.79 Å². The zero-order valence-corrected chi connectivity index (χ0v) is 20.0. The quantitative estimate of drug-likeness (QED) is 0.236. The van der Waals surface area contributed by atoms with Gasteiger partial charge in [-0.1, -0.05) is 54.6 Å². The summed E-state index contributed by atoms with van der Waals surface area (Å²) in [4.78, 5) is 37.0. The second kappa shape index (κ2) is 12.1. The van der Waals surface area contributed by atoms with E-state index in [1.54, 1.807) is 13.8 Å². The molecule has 184 valence electrons. The Labute approximate surface area is 208 Å². The highest BCUT2D eigenvalue weighted by molar-refractivity contribution is 6.02. The van der Waals surface area contributed by atoms with E-state index in [0.29, 0.717) is 22.5 Å². The molecule has 0 fully saturated rings. The zero-order chi connectivity index (χ0) is 26.1. The fraction of sp³-hybridized carbons (Fsp3) is 0.222. The average Bonchev–Trinajstić information content (AvgIpc) is 2.86. The highest BCUT2D eigenvalue weighted by atomic mass is 16.6. The molecule has 1 unspecified atom stereocenters. The Bertz CT molecular complexity index is 1270. The summed E-state index contributed by atoms with van der Waals surface area (Å²) < 4.78 is 5.28. The molecular formula is C27H26N4O5. The number of ether oxygens (including phenoxy) is 1. The fourth-order valence-corrected chi connectivity index (χ4v) is 3.96. The van der Waals surface area contributed by atoms with Gasteiger partial charge < -0.3 is 15.4 Å². The van der Waals surface area contributed by atoms with Crippen LogP contribution in [0, 0.1) is 21.4 Å². The Hall–Kier alpha value is -4.71. The molecule has 0 aromatic heterocycles. The first kappa shape index (κ1) is 25.9. The summed E-state index contributed by atoms with van der Waals surface area (Å²) in [6, 6.07) is 17.3. The van der Waals surface area contributed by atoms with Crippen molar-refractivity contribution in [3.63, 3.8) is 0 Å². The summed E-state index contributed by atoms with van der Waals surface area (Å²) >= 11 is 0. The molecule has 2 aromatic carbocycles. The molecule has 1 amide bonds. The lowest BCUT2D eigenvalue weighted by Gasteiger charge is -2.31. The third kappa shape index (κ3) is 6.24. The van der Waals surface area contributed by atoms with E-state index >= 15 is 0 Å². The Morgan fingerprint density at radius 2 is 1.78 bits per heavy atom. The van der Waals surface area contributed by atoms with E-state index in [-0.39, 0.29) is 30.8 Å². The number of non-ortho nitro benzene ring substituents is 1. The molecule has 9 nitrogen and oxygen atoms in total. The molecule has 36 heavy (non-hydrogen) atoms. The molecule has 0 radical (unpaired) electrons. The maximum Gasteiger partial charge on any atom is 0.336 e. The summed E-state index contributed by atoms with van der Waals surface area (Å²) in [5.74, 6) is -1.88. The summed E-state index contributed by atoms with van der Waals surface area (Å²) in [5.41, 5.74) is 2.97. The molecule has 0 bridgehead atoms. The van der Waals surface area contributed by atoms with Crippen molar-refractivity contribution in [2.45, 2.75) is 26.2 Å². The molecule has 0 saturated heterocycles.